The predicted octanol–water partition coefficient (Wildman–Crippen LogP) is 4.20. The number of aromatic nitrogens is 5. The highest BCUT2D eigenvalue weighted by atomic mass is 32.1. The molecule has 0 radical (unpaired) electrons. The Morgan fingerprint density at radius 1 is 0.938 bits per heavy atom. The molecule has 0 bridgehead atoms. The van der Waals surface area contributed by atoms with E-state index in [1.54, 1.807) is 12.7 Å². The molecule has 1 N–H and O–H groups in total. The molecule has 4 aromatic rings. The van der Waals surface area contributed by atoms with Gasteiger partial charge in [-0.05, 0) is 81.4 Å². The summed E-state index contributed by atoms with van der Waals surface area (Å²) in [5.41, 5.74) is 7.83. The summed E-state index contributed by atoms with van der Waals surface area (Å²) in [6.07, 6.45) is 5.25. The van der Waals surface area contributed by atoms with Crippen molar-refractivity contribution in [3.8, 4) is 0 Å². The van der Waals surface area contributed by atoms with Gasteiger partial charge in [0.1, 0.15) is 12.7 Å². The lowest BCUT2D eigenvalue weighted by atomic mass is 9.96. The van der Waals surface area contributed by atoms with Gasteiger partial charge in [0.2, 0.25) is 0 Å². The molecule has 4 heterocycles. The van der Waals surface area contributed by atoms with Gasteiger partial charge in [-0.3, -0.25) is 9.66 Å². The summed E-state index contributed by atoms with van der Waals surface area (Å²) in [6.45, 7) is 8.45. The fourth-order valence-corrected chi connectivity index (χ4v) is 5.12. The van der Waals surface area contributed by atoms with E-state index in [1.807, 2.05) is 23.0 Å². The van der Waals surface area contributed by atoms with Crippen LogP contribution in [0.3, 0.4) is 0 Å². The van der Waals surface area contributed by atoms with Crippen molar-refractivity contribution >= 4 is 23.0 Å². The second kappa shape index (κ2) is 7.87. The molecule has 0 aliphatic carbocycles. The molecule has 0 spiro atoms. The van der Waals surface area contributed by atoms with Crippen LogP contribution >= 0.6 is 12.2 Å². The molecule has 162 valence electrons. The van der Waals surface area contributed by atoms with E-state index >= 15 is 0 Å². The Bertz CT molecular complexity index is 1260. The lowest BCUT2D eigenvalue weighted by Gasteiger charge is -2.28. The molecule has 7 nitrogen and oxygen atoms in total. The van der Waals surface area contributed by atoms with Crippen LogP contribution in [0.5, 0.6) is 0 Å². The Hall–Kier alpha value is -3.52. The van der Waals surface area contributed by atoms with E-state index in [0.29, 0.717) is 5.11 Å². The van der Waals surface area contributed by atoms with Gasteiger partial charge in [-0.2, -0.15) is 0 Å². The first-order valence-corrected chi connectivity index (χ1v) is 11.0. The standard InChI is InChI=1S/C24H25N7S/c1-15-9-16(2)11-19(10-15)30-23(22(28-24(30)32)21-7-5-6-8-25-21)20-12-17(3)31(18(20)4)29-13-26-27-14-29/h5-14,22-23H,1-4H3,(H,28,32)/t22-,23-/m1/s1. The predicted molar refractivity (Wildman–Crippen MR) is 129 cm³/mol. The number of anilines is 1. The topological polar surface area (TPSA) is 63.8 Å². The van der Waals surface area contributed by atoms with E-state index in [4.69, 9.17) is 12.2 Å². The van der Waals surface area contributed by atoms with Gasteiger partial charge in [0.05, 0.1) is 17.8 Å². The number of nitrogens with zero attached hydrogens (tertiary/aromatic N) is 6. The Morgan fingerprint density at radius 2 is 1.66 bits per heavy atom. The van der Waals surface area contributed by atoms with Crippen molar-refractivity contribution in [1.29, 1.82) is 0 Å². The second-order valence-corrected chi connectivity index (χ2v) is 8.71. The minimum absolute atomic E-state index is 0.0602. The molecule has 0 saturated carbocycles. The molecular weight excluding hydrogens is 418 g/mol. The fraction of sp³-hybridized carbons (Fsp3) is 0.250. The van der Waals surface area contributed by atoms with Gasteiger partial charge in [0.15, 0.2) is 5.11 Å². The average Bonchev–Trinajstić information content (AvgIpc) is 3.46. The molecular formula is C24H25N7S. The summed E-state index contributed by atoms with van der Waals surface area (Å²) in [5.74, 6) is 0. The molecule has 1 aliphatic heterocycles. The van der Waals surface area contributed by atoms with Gasteiger partial charge in [-0.1, -0.05) is 12.1 Å². The summed E-state index contributed by atoms with van der Waals surface area (Å²) in [7, 11) is 0. The van der Waals surface area contributed by atoms with Crippen LogP contribution in [0, 0.1) is 27.7 Å². The highest BCUT2D eigenvalue weighted by molar-refractivity contribution is 7.80. The highest BCUT2D eigenvalue weighted by Crippen LogP contribution is 2.43. The Morgan fingerprint density at radius 3 is 2.31 bits per heavy atom. The maximum absolute atomic E-state index is 5.88. The Balaban J connectivity index is 1.70. The third-order valence-electron chi connectivity index (χ3n) is 5.97. The summed E-state index contributed by atoms with van der Waals surface area (Å²) in [5, 5.41) is 12.2. The van der Waals surface area contributed by atoms with Crippen LogP contribution in [0.1, 0.15) is 45.9 Å². The zero-order valence-electron chi connectivity index (χ0n) is 18.5. The van der Waals surface area contributed by atoms with E-state index in [2.05, 4.69) is 88.1 Å². The number of benzene rings is 1. The largest absolute Gasteiger partial charge is 0.351 e. The summed E-state index contributed by atoms with van der Waals surface area (Å²) >= 11 is 5.88. The van der Waals surface area contributed by atoms with E-state index in [0.717, 1.165) is 22.8 Å². The number of thiocarbonyl (C=S) groups is 1. The number of aryl methyl sites for hydroxylation is 3. The average molecular weight is 444 g/mol. The molecule has 0 amide bonds. The van der Waals surface area contributed by atoms with Gasteiger partial charge in [-0.15, -0.1) is 10.2 Å². The van der Waals surface area contributed by atoms with E-state index < -0.39 is 0 Å². The Labute approximate surface area is 192 Å². The van der Waals surface area contributed by atoms with Gasteiger partial charge in [-0.25, -0.2) is 4.68 Å². The monoisotopic (exact) mass is 443 g/mol. The van der Waals surface area contributed by atoms with Crippen LogP contribution in [0.15, 0.2) is 61.3 Å². The van der Waals surface area contributed by atoms with Crippen LogP contribution in [-0.2, 0) is 0 Å². The summed E-state index contributed by atoms with van der Waals surface area (Å²) < 4.78 is 4.01. The zero-order valence-corrected chi connectivity index (χ0v) is 19.3. The number of rotatable bonds is 4. The minimum atomic E-state index is -0.0839. The number of nitrogens with one attached hydrogen (secondary N) is 1. The van der Waals surface area contributed by atoms with Crippen LogP contribution in [0.2, 0.25) is 0 Å². The fourth-order valence-electron chi connectivity index (χ4n) is 4.77. The van der Waals surface area contributed by atoms with Crippen molar-refractivity contribution in [1.82, 2.24) is 29.9 Å². The molecule has 0 unspecified atom stereocenters. The van der Waals surface area contributed by atoms with Crippen LogP contribution in [0.25, 0.3) is 0 Å². The normalized spacial score (nSPS) is 18.2. The highest BCUT2D eigenvalue weighted by Gasteiger charge is 2.42. The van der Waals surface area contributed by atoms with Crippen LogP contribution < -0.4 is 10.2 Å². The van der Waals surface area contributed by atoms with Crippen molar-refractivity contribution in [3.63, 3.8) is 0 Å². The minimum Gasteiger partial charge on any atom is -0.351 e. The molecule has 1 aromatic carbocycles. The lowest BCUT2D eigenvalue weighted by molar-refractivity contribution is 0.557. The second-order valence-electron chi connectivity index (χ2n) is 8.32. The molecule has 2 atom stereocenters. The number of pyridine rings is 1. The molecule has 1 fully saturated rings. The molecule has 8 heteroatoms. The van der Waals surface area contributed by atoms with Crippen LogP contribution in [-0.4, -0.2) is 29.6 Å². The first-order valence-electron chi connectivity index (χ1n) is 10.6. The van der Waals surface area contributed by atoms with Crippen molar-refractivity contribution in [2.75, 3.05) is 4.90 Å². The lowest BCUT2D eigenvalue weighted by Crippen LogP contribution is -2.29. The number of hydrogen-bond donors (Lipinski definition) is 1. The smallest absolute Gasteiger partial charge is 0.174 e. The molecule has 5 rings (SSSR count). The van der Waals surface area contributed by atoms with Crippen molar-refractivity contribution in [3.05, 3.63) is 95.1 Å². The molecule has 1 aliphatic rings. The van der Waals surface area contributed by atoms with Gasteiger partial charge >= 0.3 is 0 Å². The van der Waals surface area contributed by atoms with E-state index in [1.165, 1.54) is 16.7 Å². The summed E-state index contributed by atoms with van der Waals surface area (Å²) in [4.78, 5) is 6.89. The number of hydrogen-bond acceptors (Lipinski definition) is 4. The summed E-state index contributed by atoms with van der Waals surface area (Å²) in [6, 6.07) is 14.6. The van der Waals surface area contributed by atoms with Gasteiger partial charge in [0, 0.05) is 28.8 Å². The quantitative estimate of drug-likeness (QED) is 0.477. The van der Waals surface area contributed by atoms with Crippen molar-refractivity contribution in [2.24, 2.45) is 0 Å². The maximum Gasteiger partial charge on any atom is 0.174 e. The maximum atomic E-state index is 5.88. The molecule has 3 aromatic heterocycles. The molecule has 32 heavy (non-hydrogen) atoms. The van der Waals surface area contributed by atoms with Crippen molar-refractivity contribution < 1.29 is 0 Å². The van der Waals surface area contributed by atoms with Gasteiger partial charge < -0.3 is 10.2 Å². The third kappa shape index (κ3) is 3.36. The zero-order chi connectivity index (χ0) is 22.4. The third-order valence-corrected chi connectivity index (χ3v) is 6.29. The van der Waals surface area contributed by atoms with Crippen LogP contribution in [0.4, 0.5) is 5.69 Å². The SMILES string of the molecule is Cc1cc(C)cc(N2C(=S)N[C@H](c3ccccn3)[C@H]2c2cc(C)n(-n3cnnc3)c2C)c1. The van der Waals surface area contributed by atoms with Crippen molar-refractivity contribution in [2.45, 2.75) is 39.8 Å². The van der Waals surface area contributed by atoms with E-state index in [9.17, 15) is 0 Å². The first kappa shape index (κ1) is 20.4. The van der Waals surface area contributed by atoms with E-state index in [-0.39, 0.29) is 12.1 Å². The van der Waals surface area contributed by atoms with Gasteiger partial charge in [0.25, 0.3) is 0 Å². The Kier molecular flexibility index (Phi) is 5.01. The molecule has 1 saturated heterocycles. The first-order chi connectivity index (χ1) is 15.4.